The third-order valence-electron chi connectivity index (χ3n) is 4.91. The minimum atomic E-state index is -0.793. The maximum Gasteiger partial charge on any atom is 0.337 e. The number of fused-ring (bicyclic) bond motifs is 1. The molecule has 0 spiro atoms. The molecule has 4 heteroatoms. The van der Waals surface area contributed by atoms with Gasteiger partial charge in [-0.2, -0.15) is 0 Å². The number of rotatable bonds is 4. The van der Waals surface area contributed by atoms with Crippen LogP contribution in [-0.2, 0) is 19.4 Å². The number of carbonyl (C=O) groups is 1. The highest BCUT2D eigenvalue weighted by Crippen LogP contribution is 2.45. The van der Waals surface area contributed by atoms with Crippen LogP contribution in [0.2, 0.25) is 0 Å². The minimum Gasteiger partial charge on any atom is -0.478 e. The van der Waals surface area contributed by atoms with Gasteiger partial charge >= 0.3 is 5.97 Å². The van der Waals surface area contributed by atoms with Crippen molar-refractivity contribution >= 4 is 17.3 Å². The average Bonchev–Trinajstić information content (AvgIpc) is 2.84. The second kappa shape index (κ2) is 6.34. The van der Waals surface area contributed by atoms with Gasteiger partial charge in [0.15, 0.2) is 0 Å². The fourth-order valence-corrected chi connectivity index (χ4v) is 5.03. The average molecular weight is 343 g/mol. The fourth-order valence-electron chi connectivity index (χ4n) is 3.63. The zero-order chi connectivity index (χ0) is 17.5. The molecule has 3 rings (SSSR count). The first-order valence-corrected chi connectivity index (χ1v) is 9.26. The van der Waals surface area contributed by atoms with Crippen molar-refractivity contribution in [2.24, 2.45) is 5.41 Å². The Hall–Kier alpha value is -1.65. The van der Waals surface area contributed by atoms with Crippen molar-refractivity contribution in [2.75, 3.05) is 7.05 Å². The summed E-state index contributed by atoms with van der Waals surface area (Å²) in [5.41, 5.74) is 5.21. The van der Waals surface area contributed by atoms with Gasteiger partial charge in [0.2, 0.25) is 0 Å². The first kappa shape index (κ1) is 17.2. The summed E-state index contributed by atoms with van der Waals surface area (Å²) in [6.45, 7) is 7.36. The number of benzene rings is 1. The normalized spacial score (nSPS) is 16.0. The summed E-state index contributed by atoms with van der Waals surface area (Å²) in [6.07, 6.45) is 2.97. The highest BCUT2D eigenvalue weighted by molar-refractivity contribution is 7.16. The van der Waals surface area contributed by atoms with Crippen molar-refractivity contribution in [1.82, 2.24) is 5.32 Å². The molecule has 0 bridgehead atoms. The quantitative estimate of drug-likeness (QED) is 0.849. The predicted molar refractivity (Wildman–Crippen MR) is 100 cm³/mol. The Labute approximate surface area is 147 Å². The lowest BCUT2D eigenvalue weighted by atomic mass is 9.76. The second-order valence-corrected chi connectivity index (χ2v) is 8.64. The number of carboxylic acids is 1. The van der Waals surface area contributed by atoms with Crippen LogP contribution in [0.4, 0.5) is 0 Å². The molecule has 1 aliphatic rings. The van der Waals surface area contributed by atoms with Crippen molar-refractivity contribution in [3.63, 3.8) is 0 Å². The van der Waals surface area contributed by atoms with Crippen LogP contribution in [-0.4, -0.2) is 18.1 Å². The molecule has 24 heavy (non-hydrogen) atoms. The van der Waals surface area contributed by atoms with Crippen molar-refractivity contribution in [2.45, 2.75) is 46.6 Å². The van der Waals surface area contributed by atoms with E-state index >= 15 is 0 Å². The molecule has 128 valence electrons. The van der Waals surface area contributed by atoms with E-state index in [9.17, 15) is 9.90 Å². The third-order valence-corrected chi connectivity index (χ3v) is 6.23. The van der Waals surface area contributed by atoms with Crippen LogP contribution >= 0.6 is 11.3 Å². The van der Waals surface area contributed by atoms with E-state index in [2.05, 4.69) is 44.3 Å². The molecule has 0 fully saturated rings. The largest absolute Gasteiger partial charge is 0.478 e. The van der Waals surface area contributed by atoms with Gasteiger partial charge in [-0.1, -0.05) is 32.0 Å². The highest BCUT2D eigenvalue weighted by atomic mass is 32.1. The van der Waals surface area contributed by atoms with Gasteiger partial charge in [0, 0.05) is 16.3 Å². The summed E-state index contributed by atoms with van der Waals surface area (Å²) in [5.74, 6) is -0.793. The zero-order valence-electron chi connectivity index (χ0n) is 14.8. The van der Waals surface area contributed by atoms with Crippen molar-refractivity contribution in [1.29, 1.82) is 0 Å². The first-order chi connectivity index (χ1) is 11.3. The van der Waals surface area contributed by atoms with Crippen LogP contribution in [0, 0.1) is 12.3 Å². The zero-order valence-corrected chi connectivity index (χ0v) is 15.6. The summed E-state index contributed by atoms with van der Waals surface area (Å²) in [7, 11) is 1.93. The maximum atomic E-state index is 12.0. The molecule has 0 radical (unpaired) electrons. The topological polar surface area (TPSA) is 49.3 Å². The number of hydrogen-bond donors (Lipinski definition) is 2. The molecule has 1 aromatic heterocycles. The van der Waals surface area contributed by atoms with Gasteiger partial charge in [-0.15, -0.1) is 11.3 Å². The molecule has 2 N–H and O–H groups in total. The van der Waals surface area contributed by atoms with Crippen LogP contribution in [0.3, 0.4) is 0 Å². The minimum absolute atomic E-state index is 0.182. The molecule has 0 unspecified atom stereocenters. The summed E-state index contributed by atoms with van der Waals surface area (Å²) in [4.78, 5) is 14.2. The van der Waals surface area contributed by atoms with Gasteiger partial charge in [-0.25, -0.2) is 4.79 Å². The number of aryl methyl sites for hydroxylation is 2. The fraction of sp³-hybridized carbons (Fsp3) is 0.450. The molecule has 2 aromatic rings. The van der Waals surface area contributed by atoms with Crippen LogP contribution in [0.5, 0.6) is 0 Å². The number of thiophene rings is 1. The van der Waals surface area contributed by atoms with E-state index in [1.807, 2.05) is 7.05 Å². The van der Waals surface area contributed by atoms with Gasteiger partial charge in [0.05, 0.1) is 5.56 Å². The predicted octanol–water partition coefficient (Wildman–Crippen LogP) is 4.66. The van der Waals surface area contributed by atoms with Crippen molar-refractivity contribution in [3.05, 3.63) is 45.3 Å². The van der Waals surface area contributed by atoms with Crippen LogP contribution < -0.4 is 5.32 Å². The Balaban J connectivity index is 2.12. The Bertz CT molecular complexity index is 789. The Kier molecular flexibility index (Phi) is 4.54. The van der Waals surface area contributed by atoms with Crippen LogP contribution in [0.25, 0.3) is 10.4 Å². The summed E-state index contributed by atoms with van der Waals surface area (Å²) < 4.78 is 0. The standard InChI is InChI=1S/C20H25NO2S/c1-12-9-13(11-21-4)5-6-14(12)18-17(19(22)23)15-10-20(2,3)8-7-16(15)24-18/h5-6,9,21H,7-8,10-11H2,1-4H3,(H,22,23). The summed E-state index contributed by atoms with van der Waals surface area (Å²) >= 11 is 1.68. The van der Waals surface area contributed by atoms with E-state index in [1.54, 1.807) is 11.3 Å². The third kappa shape index (κ3) is 3.13. The molecule has 0 saturated heterocycles. The summed E-state index contributed by atoms with van der Waals surface area (Å²) in [5, 5.41) is 13.0. The van der Waals surface area contributed by atoms with E-state index in [0.717, 1.165) is 47.4 Å². The van der Waals surface area contributed by atoms with E-state index in [-0.39, 0.29) is 5.41 Å². The van der Waals surface area contributed by atoms with Gasteiger partial charge in [0.25, 0.3) is 0 Å². The first-order valence-electron chi connectivity index (χ1n) is 8.45. The Morgan fingerprint density at radius 3 is 2.75 bits per heavy atom. The van der Waals surface area contributed by atoms with Crippen LogP contribution in [0.15, 0.2) is 18.2 Å². The number of hydrogen-bond acceptors (Lipinski definition) is 3. The van der Waals surface area contributed by atoms with Gasteiger partial charge in [-0.3, -0.25) is 0 Å². The molecule has 1 heterocycles. The Morgan fingerprint density at radius 1 is 1.38 bits per heavy atom. The lowest BCUT2D eigenvalue weighted by molar-refractivity contribution is 0.0696. The van der Waals surface area contributed by atoms with E-state index in [1.165, 1.54) is 10.4 Å². The molecule has 1 aliphatic carbocycles. The number of nitrogens with one attached hydrogen (secondary N) is 1. The number of carboxylic acid groups (broad SMARTS) is 1. The number of aromatic carboxylic acids is 1. The SMILES string of the molecule is CNCc1ccc(-c2sc3c(c2C(=O)O)CC(C)(C)CC3)c(C)c1. The van der Waals surface area contributed by atoms with Crippen LogP contribution in [0.1, 0.15) is 52.2 Å². The van der Waals surface area contributed by atoms with Gasteiger partial charge in [-0.05, 0) is 60.9 Å². The smallest absolute Gasteiger partial charge is 0.337 e. The van der Waals surface area contributed by atoms with E-state index in [0.29, 0.717) is 5.56 Å². The molecule has 0 aliphatic heterocycles. The Morgan fingerprint density at radius 2 is 2.12 bits per heavy atom. The van der Waals surface area contributed by atoms with Gasteiger partial charge in [0.1, 0.15) is 0 Å². The molecule has 1 aromatic carbocycles. The monoisotopic (exact) mass is 343 g/mol. The molecule has 0 atom stereocenters. The molecule has 0 amide bonds. The lowest BCUT2D eigenvalue weighted by Gasteiger charge is -2.29. The van der Waals surface area contributed by atoms with E-state index in [4.69, 9.17) is 0 Å². The molecule has 0 saturated carbocycles. The van der Waals surface area contributed by atoms with E-state index < -0.39 is 5.97 Å². The lowest BCUT2D eigenvalue weighted by Crippen LogP contribution is -2.22. The molecular formula is C20H25NO2S. The van der Waals surface area contributed by atoms with Crippen molar-refractivity contribution in [3.8, 4) is 10.4 Å². The molecular weight excluding hydrogens is 318 g/mol. The molecule has 3 nitrogen and oxygen atoms in total. The summed E-state index contributed by atoms with van der Waals surface area (Å²) in [6, 6.07) is 6.32. The highest BCUT2D eigenvalue weighted by Gasteiger charge is 2.33. The maximum absolute atomic E-state index is 12.0. The second-order valence-electron chi connectivity index (χ2n) is 7.53. The van der Waals surface area contributed by atoms with Crippen molar-refractivity contribution < 1.29 is 9.90 Å². The van der Waals surface area contributed by atoms with Gasteiger partial charge < -0.3 is 10.4 Å².